The van der Waals surface area contributed by atoms with Crippen LogP contribution in [0.5, 0.6) is 0 Å². The van der Waals surface area contributed by atoms with Crippen LogP contribution in [0.4, 0.5) is 15.8 Å². The first kappa shape index (κ1) is 30.4. The fourth-order valence-electron chi connectivity index (χ4n) is 6.65. The number of hydrogen-bond acceptors (Lipinski definition) is 7. The standard InChI is InChI=1S/C30H26FN4O6S2.Li/c31-20-10-6-17(7-11-20)16-35-27-19-9-8-18(14-19)25(27)28(36)26(30(35)37)29-32-23-13-12-21(15-24(23)43(40,41)34-29)33-42(38,39)22-4-2-1-3-5-22;/h1-7,10-13,15,18-19,25,33,36H,8-9,14,16H2,(H,32,34);/q-1;+1/t18-,19+,25+;/m0./s1. The van der Waals surface area contributed by atoms with Crippen LogP contribution in [0.25, 0.3) is 0 Å². The second-order valence-corrected chi connectivity index (χ2v) is 14.4. The van der Waals surface area contributed by atoms with Gasteiger partial charge in [0.25, 0.3) is 20.0 Å². The van der Waals surface area contributed by atoms with E-state index in [1.54, 1.807) is 35.2 Å². The van der Waals surface area contributed by atoms with Gasteiger partial charge in [0.1, 0.15) is 16.3 Å². The molecule has 14 heteroatoms. The average Bonchev–Trinajstić information content (AvgIpc) is 3.60. The van der Waals surface area contributed by atoms with Gasteiger partial charge in [0.2, 0.25) is 5.91 Å². The van der Waals surface area contributed by atoms with Gasteiger partial charge in [0.05, 0.1) is 22.0 Å². The van der Waals surface area contributed by atoms with E-state index in [1.165, 1.54) is 36.4 Å². The van der Waals surface area contributed by atoms with Crippen LogP contribution in [0.3, 0.4) is 0 Å². The van der Waals surface area contributed by atoms with Gasteiger partial charge >= 0.3 is 18.9 Å². The van der Waals surface area contributed by atoms with Crippen molar-refractivity contribution >= 4 is 43.2 Å². The van der Waals surface area contributed by atoms with Gasteiger partial charge in [-0.05, 0) is 48.0 Å². The number of rotatable bonds is 6. The Balaban J connectivity index is 0.00000343. The van der Waals surface area contributed by atoms with Gasteiger partial charge in [-0.15, -0.1) is 10.3 Å². The molecule has 0 aromatic heterocycles. The van der Waals surface area contributed by atoms with E-state index in [4.69, 9.17) is 0 Å². The first-order chi connectivity index (χ1) is 20.5. The van der Waals surface area contributed by atoms with E-state index in [-0.39, 0.29) is 75.6 Å². The zero-order valence-electron chi connectivity index (χ0n) is 23.6. The first-order valence-electron chi connectivity index (χ1n) is 13.7. The van der Waals surface area contributed by atoms with Crippen LogP contribution >= 0.6 is 0 Å². The number of nitrogens with one attached hydrogen (secondary N) is 2. The van der Waals surface area contributed by atoms with Crippen molar-refractivity contribution in [2.75, 3.05) is 10.0 Å². The number of aliphatic hydroxyl groups excluding tert-OH is 1. The third kappa shape index (κ3) is 5.11. The molecule has 0 unspecified atom stereocenters. The van der Waals surface area contributed by atoms with Crippen LogP contribution in [-0.4, -0.2) is 38.6 Å². The predicted octanol–water partition coefficient (Wildman–Crippen LogP) is 1.58. The molecular formula is C30H26FLiN4O6S2. The second-order valence-electron chi connectivity index (χ2n) is 11.1. The van der Waals surface area contributed by atoms with Gasteiger partial charge in [-0.1, -0.05) is 61.4 Å². The van der Waals surface area contributed by atoms with Crippen LogP contribution in [0.1, 0.15) is 24.8 Å². The van der Waals surface area contributed by atoms with E-state index in [0.29, 0.717) is 5.56 Å². The number of halogens is 1. The molecule has 3 aromatic carbocycles. The molecule has 10 nitrogen and oxygen atoms in total. The van der Waals surface area contributed by atoms with Gasteiger partial charge in [0, 0.05) is 6.54 Å². The topological polar surface area (TPSA) is 145 Å². The number of nitrogens with zero attached hydrogens (tertiary/aromatic N) is 2. The summed E-state index contributed by atoms with van der Waals surface area (Å²) in [6, 6.07) is 18.2. The van der Waals surface area contributed by atoms with Crippen molar-refractivity contribution in [1.29, 1.82) is 0 Å². The van der Waals surface area contributed by atoms with Gasteiger partial charge in [-0.25, -0.2) is 18.9 Å². The molecule has 2 aliphatic heterocycles. The Morgan fingerprint density at radius 3 is 2.52 bits per heavy atom. The van der Waals surface area contributed by atoms with E-state index in [0.717, 1.165) is 31.4 Å². The molecule has 2 saturated carbocycles. The molecular weight excluding hydrogens is 602 g/mol. The van der Waals surface area contributed by atoms with Crippen LogP contribution in [0, 0.1) is 29.6 Å². The fraction of sp³-hybridized carbons (Fsp3) is 0.233. The minimum absolute atomic E-state index is 0. The zero-order chi connectivity index (χ0) is 30.1. The van der Waals surface area contributed by atoms with E-state index in [9.17, 15) is 31.1 Å². The van der Waals surface area contributed by atoms with Crippen molar-refractivity contribution in [2.24, 2.45) is 22.2 Å². The molecule has 44 heavy (non-hydrogen) atoms. The number of anilines is 2. The van der Waals surface area contributed by atoms with E-state index in [2.05, 4.69) is 14.4 Å². The monoisotopic (exact) mass is 628 g/mol. The molecule has 1 amide bonds. The number of amidine groups is 1. The molecule has 4 aliphatic rings. The fourth-order valence-corrected chi connectivity index (χ4v) is 8.87. The molecule has 3 N–H and O–H groups in total. The maximum Gasteiger partial charge on any atom is 1.00 e. The Labute approximate surface area is 266 Å². The molecule has 2 bridgehead atoms. The van der Waals surface area contributed by atoms with Crippen LogP contribution in [-0.2, 0) is 31.4 Å². The van der Waals surface area contributed by atoms with Gasteiger partial charge in [-0.3, -0.25) is 9.52 Å². The van der Waals surface area contributed by atoms with Gasteiger partial charge in [-0.2, -0.15) is 8.42 Å². The van der Waals surface area contributed by atoms with Crippen LogP contribution in [0.2, 0.25) is 0 Å². The smallest absolute Gasteiger partial charge is 0.514 e. The molecule has 3 aromatic rings. The minimum Gasteiger partial charge on any atom is -0.514 e. The number of carbonyl (C=O) groups is 1. The molecule has 222 valence electrons. The number of sulfonamides is 2. The molecule has 3 atom stereocenters. The number of fused-ring (bicyclic) bond motifs is 6. The zero-order valence-corrected chi connectivity index (χ0v) is 25.2. The number of aliphatic hydroxyl groups is 1. The quantitative estimate of drug-likeness (QED) is 0.278. The Kier molecular flexibility index (Phi) is 7.64. The molecule has 0 spiro atoms. The van der Waals surface area contributed by atoms with Crippen molar-refractivity contribution < 1.29 is 50.0 Å². The van der Waals surface area contributed by atoms with E-state index >= 15 is 0 Å². The summed E-state index contributed by atoms with van der Waals surface area (Å²) < 4.78 is 72.2. The van der Waals surface area contributed by atoms with Crippen molar-refractivity contribution in [3.63, 3.8) is 0 Å². The number of hydrogen-bond donors (Lipinski definition) is 3. The average molecular weight is 629 g/mol. The van der Waals surface area contributed by atoms with E-state index < -0.39 is 37.7 Å². The summed E-state index contributed by atoms with van der Waals surface area (Å²) in [6.45, 7) is 0.131. The molecule has 2 fully saturated rings. The minimum atomic E-state index is -4.42. The van der Waals surface area contributed by atoms with Crippen molar-refractivity contribution in [2.45, 2.75) is 35.6 Å². The summed E-state index contributed by atoms with van der Waals surface area (Å²) in [7, 11) is -8.40. The number of benzene rings is 3. The Bertz CT molecular complexity index is 1940. The Hall–Kier alpha value is -3.63. The van der Waals surface area contributed by atoms with Crippen molar-refractivity contribution in [3.8, 4) is 0 Å². The van der Waals surface area contributed by atoms with Crippen molar-refractivity contribution in [1.82, 2.24) is 4.90 Å². The van der Waals surface area contributed by atoms with Crippen LogP contribution in [0.15, 0.2) is 98.3 Å². The van der Waals surface area contributed by atoms with Gasteiger partial charge < -0.3 is 15.3 Å². The Morgan fingerprint density at radius 1 is 1.07 bits per heavy atom. The molecule has 0 radical (unpaired) electrons. The maximum atomic E-state index is 14.0. The number of carbonyl (C=O) groups excluding carboxylic acids is 1. The summed E-state index contributed by atoms with van der Waals surface area (Å²) in [5.41, 5.74) is 0.542. The summed E-state index contributed by atoms with van der Waals surface area (Å²) >= 11 is 0. The SMILES string of the molecule is O=C1C(C2=NS(=O)(=O)c3cc(NS(=O)(=O)c4ccccc4)ccc3N2)=C(O)[C@H]2[C-]([C@@H]3CC[C@H]2C3)N1Cc1ccc(F)cc1.[Li+]. The third-order valence-electron chi connectivity index (χ3n) is 8.52. The summed E-state index contributed by atoms with van der Waals surface area (Å²) in [5, 5.41) is 14.4. The molecule has 7 rings (SSSR count). The largest absolute Gasteiger partial charge is 1.00 e. The van der Waals surface area contributed by atoms with Gasteiger partial charge in [0.15, 0.2) is 5.84 Å². The van der Waals surface area contributed by atoms with E-state index in [1.807, 2.05) is 0 Å². The normalized spacial score (nSPS) is 23.8. The molecule has 0 saturated heterocycles. The predicted molar refractivity (Wildman–Crippen MR) is 156 cm³/mol. The summed E-state index contributed by atoms with van der Waals surface area (Å²) in [4.78, 5) is 15.3. The number of amides is 1. The second kappa shape index (κ2) is 11.1. The van der Waals surface area contributed by atoms with Crippen LogP contribution < -0.4 is 28.9 Å². The molecule has 2 heterocycles. The summed E-state index contributed by atoms with van der Waals surface area (Å²) in [6.07, 6.45) is 2.58. The first-order valence-corrected chi connectivity index (χ1v) is 16.6. The molecule has 2 aliphatic carbocycles. The maximum absolute atomic E-state index is 14.0. The summed E-state index contributed by atoms with van der Waals surface area (Å²) in [5.74, 6) is -1.75. The third-order valence-corrected chi connectivity index (χ3v) is 11.2. The Morgan fingerprint density at radius 2 is 1.80 bits per heavy atom. The van der Waals surface area contributed by atoms with Crippen molar-refractivity contribution in [3.05, 3.63) is 102 Å².